The highest BCUT2D eigenvalue weighted by Crippen LogP contribution is 2.36. The summed E-state index contributed by atoms with van der Waals surface area (Å²) >= 11 is 0. The molecule has 1 saturated heterocycles. The second-order valence-corrected chi connectivity index (χ2v) is 7.97. The Morgan fingerprint density at radius 2 is 1.76 bits per heavy atom. The van der Waals surface area contributed by atoms with E-state index in [1.165, 1.54) is 23.0 Å². The zero-order valence-corrected chi connectivity index (χ0v) is 17.3. The third-order valence-electron chi connectivity index (χ3n) is 6.17. The molecule has 0 radical (unpaired) electrons. The third-order valence-corrected chi connectivity index (χ3v) is 6.17. The van der Waals surface area contributed by atoms with E-state index in [4.69, 9.17) is 4.42 Å². The van der Waals surface area contributed by atoms with Crippen LogP contribution in [0.4, 0.5) is 10.1 Å². The first-order valence-electron chi connectivity index (χ1n) is 10.5. The van der Waals surface area contributed by atoms with Crippen LogP contribution in [0.25, 0.3) is 16.6 Å². The van der Waals surface area contributed by atoms with Crippen molar-refractivity contribution in [3.63, 3.8) is 0 Å². The molecule has 0 unspecified atom stereocenters. The summed E-state index contributed by atoms with van der Waals surface area (Å²) in [6.45, 7) is 1.33. The van der Waals surface area contributed by atoms with Gasteiger partial charge in [-0.2, -0.15) is 0 Å². The number of nitrogens with zero attached hydrogens (tertiary/aromatic N) is 4. The van der Waals surface area contributed by atoms with E-state index in [9.17, 15) is 14.4 Å². The first-order chi connectivity index (χ1) is 16.0. The average molecular weight is 444 g/mol. The lowest BCUT2D eigenvalue weighted by atomic mass is 10.1. The van der Waals surface area contributed by atoms with Crippen molar-refractivity contribution in [3.05, 3.63) is 88.1 Å². The molecule has 2 aromatic carbocycles. The molecule has 4 aromatic rings. The van der Waals surface area contributed by atoms with Gasteiger partial charge in [0.25, 0.3) is 11.5 Å². The molecule has 6 rings (SSSR count). The number of carbonyl (C=O) groups excluding carboxylic acids is 2. The van der Waals surface area contributed by atoms with Crippen LogP contribution in [0.3, 0.4) is 0 Å². The van der Waals surface area contributed by atoms with E-state index in [0.717, 1.165) is 0 Å². The molecule has 1 amide bonds. The average Bonchev–Trinajstić information content (AvgIpc) is 3.47. The van der Waals surface area contributed by atoms with Crippen molar-refractivity contribution in [3.8, 4) is 5.69 Å². The Morgan fingerprint density at radius 3 is 2.52 bits per heavy atom. The number of hydrogen-bond acceptors (Lipinski definition) is 6. The van der Waals surface area contributed by atoms with Gasteiger partial charge in [-0.3, -0.25) is 19.0 Å². The number of benzene rings is 2. The van der Waals surface area contributed by atoms with Crippen molar-refractivity contribution < 1.29 is 18.4 Å². The first kappa shape index (κ1) is 19.4. The third kappa shape index (κ3) is 2.82. The zero-order chi connectivity index (χ0) is 22.7. The minimum Gasteiger partial charge on any atom is -0.459 e. The minimum absolute atomic E-state index is 0.0211. The number of carbonyl (C=O) groups is 2. The Labute approximate surface area is 186 Å². The number of anilines is 1. The van der Waals surface area contributed by atoms with Crippen molar-refractivity contribution in [1.82, 2.24) is 14.5 Å². The van der Waals surface area contributed by atoms with E-state index in [1.54, 1.807) is 46.2 Å². The van der Waals surface area contributed by atoms with Gasteiger partial charge in [0.15, 0.2) is 11.6 Å². The summed E-state index contributed by atoms with van der Waals surface area (Å²) in [5, 5.41) is 0.387. The van der Waals surface area contributed by atoms with Crippen LogP contribution in [0.1, 0.15) is 26.7 Å². The Kier molecular flexibility index (Phi) is 4.19. The molecule has 2 aromatic heterocycles. The number of hydrogen-bond donors (Lipinski definition) is 0. The Bertz CT molecular complexity index is 1500. The summed E-state index contributed by atoms with van der Waals surface area (Å²) in [7, 11) is 0. The lowest BCUT2D eigenvalue weighted by Gasteiger charge is -2.36. The Balaban J connectivity index is 1.39. The van der Waals surface area contributed by atoms with Crippen molar-refractivity contribution in [1.29, 1.82) is 0 Å². The van der Waals surface area contributed by atoms with Gasteiger partial charge in [0.2, 0.25) is 5.78 Å². The monoisotopic (exact) mass is 444 g/mol. The lowest BCUT2D eigenvalue weighted by Crippen LogP contribution is -2.49. The van der Waals surface area contributed by atoms with E-state index >= 15 is 4.39 Å². The number of furan rings is 1. The number of aromatic nitrogens is 2. The van der Waals surface area contributed by atoms with Crippen LogP contribution in [0.5, 0.6) is 0 Å². The van der Waals surface area contributed by atoms with Gasteiger partial charge in [0, 0.05) is 26.2 Å². The molecule has 0 atom stereocenters. The molecule has 0 aliphatic carbocycles. The standard InChI is InChI=1S/C24H17FN4O4/c25-15-7-8-17-19(21(30)22-26-16-5-2-1-4-14(16)23(31)29(17)22)20(15)27-9-11-28(12-10-27)24(32)18-6-3-13-33-18/h1-8,13H,9-12H2. The summed E-state index contributed by atoms with van der Waals surface area (Å²) in [5.41, 5.74) is 0.636. The van der Waals surface area contributed by atoms with E-state index in [-0.39, 0.29) is 34.3 Å². The van der Waals surface area contributed by atoms with Crippen LogP contribution >= 0.6 is 0 Å². The predicted octanol–water partition coefficient (Wildman–Crippen LogP) is 2.62. The van der Waals surface area contributed by atoms with Crippen molar-refractivity contribution in [2.45, 2.75) is 0 Å². The van der Waals surface area contributed by atoms with Gasteiger partial charge in [0.1, 0.15) is 5.82 Å². The second kappa shape index (κ2) is 7.13. The van der Waals surface area contributed by atoms with Crippen LogP contribution in [0.15, 0.2) is 64.0 Å². The summed E-state index contributed by atoms with van der Waals surface area (Å²) in [4.78, 5) is 46.8. The quantitative estimate of drug-likeness (QED) is 0.416. The molecular formula is C24H17FN4O4. The number of amides is 1. The fourth-order valence-corrected chi connectivity index (χ4v) is 4.58. The van der Waals surface area contributed by atoms with Crippen LogP contribution < -0.4 is 10.5 Å². The van der Waals surface area contributed by atoms with E-state index < -0.39 is 11.6 Å². The maximum atomic E-state index is 15.1. The first-order valence-corrected chi connectivity index (χ1v) is 10.5. The summed E-state index contributed by atoms with van der Waals surface area (Å²) < 4.78 is 21.5. The number of para-hydroxylation sites is 1. The SMILES string of the molecule is O=C1c2c(ccc(F)c2N2CCN(C(=O)c3ccco3)CC2)-n2c1nc1ccccc1c2=O. The van der Waals surface area contributed by atoms with Crippen molar-refractivity contribution in [2.24, 2.45) is 0 Å². The predicted molar refractivity (Wildman–Crippen MR) is 118 cm³/mol. The fourth-order valence-electron chi connectivity index (χ4n) is 4.58. The van der Waals surface area contributed by atoms with Gasteiger partial charge in [-0.1, -0.05) is 12.1 Å². The summed E-state index contributed by atoms with van der Waals surface area (Å²) in [6, 6.07) is 12.8. The number of rotatable bonds is 2. The Hall–Kier alpha value is -4.27. The maximum Gasteiger partial charge on any atom is 0.289 e. The molecule has 0 spiro atoms. The molecule has 0 bridgehead atoms. The second-order valence-electron chi connectivity index (χ2n) is 7.97. The highest BCUT2D eigenvalue weighted by Gasteiger charge is 2.36. The largest absolute Gasteiger partial charge is 0.459 e. The Morgan fingerprint density at radius 1 is 0.970 bits per heavy atom. The number of ketones is 1. The minimum atomic E-state index is -0.557. The molecule has 0 saturated carbocycles. The van der Waals surface area contributed by atoms with Crippen LogP contribution in [0.2, 0.25) is 0 Å². The molecule has 33 heavy (non-hydrogen) atoms. The van der Waals surface area contributed by atoms with Crippen LogP contribution in [-0.2, 0) is 0 Å². The molecule has 2 aliphatic rings. The molecule has 1 fully saturated rings. The van der Waals surface area contributed by atoms with Crippen molar-refractivity contribution in [2.75, 3.05) is 31.1 Å². The van der Waals surface area contributed by atoms with Gasteiger partial charge in [-0.15, -0.1) is 0 Å². The van der Waals surface area contributed by atoms with Crippen molar-refractivity contribution >= 4 is 28.3 Å². The maximum absolute atomic E-state index is 15.1. The fraction of sp³-hybridized carbons (Fsp3) is 0.167. The normalized spacial score (nSPS) is 15.1. The molecule has 2 aliphatic heterocycles. The number of halogens is 1. The lowest BCUT2D eigenvalue weighted by molar-refractivity contribution is 0.0714. The topological polar surface area (TPSA) is 88.7 Å². The van der Waals surface area contributed by atoms with E-state index in [1.807, 2.05) is 0 Å². The highest BCUT2D eigenvalue weighted by molar-refractivity contribution is 6.17. The number of piperazine rings is 1. The van der Waals surface area contributed by atoms with Gasteiger partial charge in [-0.05, 0) is 36.4 Å². The molecule has 9 heteroatoms. The summed E-state index contributed by atoms with van der Waals surface area (Å²) in [5.74, 6) is -1.05. The zero-order valence-electron chi connectivity index (χ0n) is 17.3. The van der Waals surface area contributed by atoms with Gasteiger partial charge in [0.05, 0.1) is 34.1 Å². The van der Waals surface area contributed by atoms with Gasteiger partial charge < -0.3 is 14.2 Å². The summed E-state index contributed by atoms with van der Waals surface area (Å²) in [6.07, 6.45) is 1.44. The molecule has 8 nitrogen and oxygen atoms in total. The van der Waals surface area contributed by atoms with Crippen LogP contribution in [-0.4, -0.2) is 52.3 Å². The molecular weight excluding hydrogens is 427 g/mol. The smallest absolute Gasteiger partial charge is 0.289 e. The molecule has 164 valence electrons. The van der Waals surface area contributed by atoms with Gasteiger partial charge >= 0.3 is 0 Å². The highest BCUT2D eigenvalue weighted by atomic mass is 19.1. The number of fused-ring (bicyclic) bond motifs is 4. The molecule has 0 N–H and O–H groups in total. The van der Waals surface area contributed by atoms with E-state index in [0.29, 0.717) is 42.8 Å². The van der Waals surface area contributed by atoms with Crippen LogP contribution in [0, 0.1) is 5.82 Å². The molecule has 4 heterocycles. The van der Waals surface area contributed by atoms with E-state index in [2.05, 4.69) is 4.98 Å². The van der Waals surface area contributed by atoms with Gasteiger partial charge in [-0.25, -0.2) is 9.37 Å².